The van der Waals surface area contributed by atoms with E-state index in [9.17, 15) is 18.0 Å². The summed E-state index contributed by atoms with van der Waals surface area (Å²) in [5, 5.41) is 13.1. The second-order valence-corrected chi connectivity index (χ2v) is 5.72. The van der Waals surface area contributed by atoms with E-state index in [4.69, 9.17) is 0 Å². The van der Waals surface area contributed by atoms with E-state index in [1.54, 1.807) is 13.0 Å². The van der Waals surface area contributed by atoms with Gasteiger partial charge in [-0.05, 0) is 44.0 Å². The molecule has 1 saturated carbocycles. The highest BCUT2D eigenvalue weighted by molar-refractivity contribution is 6.05. The van der Waals surface area contributed by atoms with Crippen molar-refractivity contribution in [1.82, 2.24) is 10.2 Å². The van der Waals surface area contributed by atoms with Crippen LogP contribution < -0.4 is 10.6 Å². The fourth-order valence-electron chi connectivity index (χ4n) is 2.19. The summed E-state index contributed by atoms with van der Waals surface area (Å²) in [7, 11) is 0. The molecular weight excluding hydrogens is 321 g/mol. The van der Waals surface area contributed by atoms with Crippen molar-refractivity contribution in [2.24, 2.45) is 0 Å². The van der Waals surface area contributed by atoms with E-state index in [-0.39, 0.29) is 11.7 Å². The van der Waals surface area contributed by atoms with E-state index in [1.165, 1.54) is 12.3 Å². The number of rotatable bonds is 4. The first-order valence-corrected chi connectivity index (χ1v) is 7.41. The molecule has 3 rings (SSSR count). The number of carbonyl (C=O) groups excluding carboxylic acids is 1. The molecule has 1 aliphatic carbocycles. The van der Waals surface area contributed by atoms with Crippen LogP contribution in [0, 0.1) is 6.92 Å². The minimum absolute atomic E-state index is 0.147. The van der Waals surface area contributed by atoms with Crippen LogP contribution in [0.2, 0.25) is 0 Å². The van der Waals surface area contributed by atoms with Gasteiger partial charge in [-0.3, -0.25) is 4.79 Å². The van der Waals surface area contributed by atoms with Gasteiger partial charge in [0.25, 0.3) is 5.91 Å². The number of hydrogen-bond donors (Lipinski definition) is 2. The summed E-state index contributed by atoms with van der Waals surface area (Å²) >= 11 is 0. The highest BCUT2D eigenvalue weighted by Gasteiger charge is 2.32. The minimum atomic E-state index is -4.44. The molecule has 0 aliphatic heterocycles. The lowest BCUT2D eigenvalue weighted by molar-refractivity contribution is -0.137. The second kappa shape index (κ2) is 6.10. The average molecular weight is 336 g/mol. The lowest BCUT2D eigenvalue weighted by Crippen LogP contribution is -2.16. The number of aromatic nitrogens is 2. The molecule has 0 spiro atoms. The maximum absolute atomic E-state index is 12.9. The Morgan fingerprint density at radius 1 is 1.21 bits per heavy atom. The van der Waals surface area contributed by atoms with Gasteiger partial charge >= 0.3 is 6.18 Å². The zero-order chi connectivity index (χ0) is 17.3. The van der Waals surface area contributed by atoms with Crippen LogP contribution in [0.3, 0.4) is 0 Å². The molecule has 8 heteroatoms. The molecule has 1 fully saturated rings. The predicted octanol–water partition coefficient (Wildman–Crippen LogP) is 3.63. The normalized spacial score (nSPS) is 14.3. The number of halogens is 3. The SMILES string of the molecule is Cc1cc(C(=O)Nc2ccc(C(F)(F)F)cc2NC2CC2)cnn1. The lowest BCUT2D eigenvalue weighted by Gasteiger charge is -2.15. The van der Waals surface area contributed by atoms with Crippen molar-refractivity contribution in [3.63, 3.8) is 0 Å². The van der Waals surface area contributed by atoms with Crippen LogP contribution in [0.1, 0.15) is 34.5 Å². The fraction of sp³-hybridized carbons (Fsp3) is 0.312. The van der Waals surface area contributed by atoms with Crippen molar-refractivity contribution in [2.75, 3.05) is 10.6 Å². The summed E-state index contributed by atoms with van der Waals surface area (Å²) in [5.74, 6) is -0.452. The van der Waals surface area contributed by atoms with Gasteiger partial charge < -0.3 is 10.6 Å². The maximum Gasteiger partial charge on any atom is 0.416 e. The van der Waals surface area contributed by atoms with Gasteiger partial charge in [0.15, 0.2) is 0 Å². The van der Waals surface area contributed by atoms with E-state index in [0.717, 1.165) is 25.0 Å². The standard InChI is InChI=1S/C16H15F3N4O/c1-9-6-10(8-20-23-9)15(24)22-13-5-2-11(16(17,18)19)7-14(13)21-12-3-4-12/h2,5-8,12,21H,3-4H2,1H3,(H,22,24). The van der Waals surface area contributed by atoms with Crippen LogP contribution >= 0.6 is 0 Å². The third-order valence-electron chi connectivity index (χ3n) is 3.57. The Morgan fingerprint density at radius 3 is 2.58 bits per heavy atom. The maximum atomic E-state index is 12.9. The molecule has 1 heterocycles. The summed E-state index contributed by atoms with van der Waals surface area (Å²) < 4.78 is 38.7. The monoisotopic (exact) mass is 336 g/mol. The average Bonchev–Trinajstić information content (AvgIpc) is 3.32. The van der Waals surface area contributed by atoms with Gasteiger partial charge in [0.05, 0.1) is 34.4 Å². The van der Waals surface area contributed by atoms with Gasteiger partial charge in [-0.1, -0.05) is 0 Å². The molecule has 5 nitrogen and oxygen atoms in total. The molecule has 1 aromatic heterocycles. The molecule has 0 unspecified atom stereocenters. The number of nitrogens with zero attached hydrogens (tertiary/aromatic N) is 2. The van der Waals surface area contributed by atoms with Crippen molar-refractivity contribution in [3.05, 3.63) is 47.3 Å². The third-order valence-corrected chi connectivity index (χ3v) is 3.57. The van der Waals surface area contributed by atoms with Crippen LogP contribution in [0.15, 0.2) is 30.5 Å². The molecule has 0 bridgehead atoms. The highest BCUT2D eigenvalue weighted by Crippen LogP contribution is 2.36. The van der Waals surface area contributed by atoms with Crippen molar-refractivity contribution in [1.29, 1.82) is 0 Å². The number of amides is 1. The number of nitrogens with one attached hydrogen (secondary N) is 2. The molecule has 0 saturated heterocycles. The zero-order valence-corrected chi connectivity index (χ0v) is 12.8. The number of aryl methyl sites for hydroxylation is 1. The molecule has 1 amide bonds. The van der Waals surface area contributed by atoms with Gasteiger partial charge in [-0.25, -0.2) is 0 Å². The molecular formula is C16H15F3N4O. The largest absolute Gasteiger partial charge is 0.416 e. The van der Waals surface area contributed by atoms with Crippen LogP contribution in [-0.2, 0) is 6.18 Å². The Balaban J connectivity index is 1.87. The second-order valence-electron chi connectivity index (χ2n) is 5.72. The summed E-state index contributed by atoms with van der Waals surface area (Å²) in [6.07, 6.45) is -1.33. The smallest absolute Gasteiger partial charge is 0.381 e. The first kappa shape index (κ1) is 16.2. The van der Waals surface area contributed by atoms with E-state index in [1.807, 2.05) is 0 Å². The molecule has 0 atom stereocenters. The Morgan fingerprint density at radius 2 is 1.96 bits per heavy atom. The topological polar surface area (TPSA) is 66.9 Å². The summed E-state index contributed by atoms with van der Waals surface area (Å²) in [6.45, 7) is 1.70. The van der Waals surface area contributed by atoms with Gasteiger partial charge in [0.2, 0.25) is 0 Å². The Labute approximate surface area is 136 Å². The summed E-state index contributed by atoms with van der Waals surface area (Å²) in [4.78, 5) is 12.3. The van der Waals surface area contributed by atoms with E-state index >= 15 is 0 Å². The zero-order valence-electron chi connectivity index (χ0n) is 12.8. The number of anilines is 2. The Kier molecular flexibility index (Phi) is 4.13. The van der Waals surface area contributed by atoms with Crippen molar-refractivity contribution in [3.8, 4) is 0 Å². The molecule has 0 radical (unpaired) electrons. The van der Waals surface area contributed by atoms with Crippen molar-refractivity contribution >= 4 is 17.3 Å². The molecule has 24 heavy (non-hydrogen) atoms. The van der Waals surface area contributed by atoms with Crippen LogP contribution in [0.25, 0.3) is 0 Å². The quantitative estimate of drug-likeness (QED) is 0.895. The van der Waals surface area contributed by atoms with E-state index < -0.39 is 17.6 Å². The predicted molar refractivity (Wildman–Crippen MR) is 82.8 cm³/mol. The van der Waals surface area contributed by atoms with Crippen LogP contribution in [0.5, 0.6) is 0 Å². The van der Waals surface area contributed by atoms with Crippen LogP contribution in [-0.4, -0.2) is 22.1 Å². The van der Waals surface area contributed by atoms with Crippen molar-refractivity contribution in [2.45, 2.75) is 32.0 Å². The Bertz CT molecular complexity index is 772. The van der Waals surface area contributed by atoms with Gasteiger partial charge in [-0.2, -0.15) is 23.4 Å². The molecule has 126 valence electrons. The molecule has 2 N–H and O–H groups in total. The molecule has 2 aromatic rings. The molecule has 1 aliphatic rings. The van der Waals surface area contributed by atoms with Crippen molar-refractivity contribution < 1.29 is 18.0 Å². The summed E-state index contributed by atoms with van der Waals surface area (Å²) in [5.41, 5.74) is 0.671. The Hall–Kier alpha value is -2.64. The van der Waals surface area contributed by atoms with Crippen LogP contribution in [0.4, 0.5) is 24.5 Å². The van der Waals surface area contributed by atoms with E-state index in [0.29, 0.717) is 16.9 Å². The third kappa shape index (κ3) is 3.81. The first-order valence-electron chi connectivity index (χ1n) is 7.41. The molecule has 1 aromatic carbocycles. The number of alkyl halides is 3. The van der Waals surface area contributed by atoms with E-state index in [2.05, 4.69) is 20.8 Å². The fourth-order valence-corrected chi connectivity index (χ4v) is 2.19. The first-order chi connectivity index (χ1) is 11.3. The summed E-state index contributed by atoms with van der Waals surface area (Å²) in [6, 6.07) is 4.93. The van der Waals surface area contributed by atoms with Gasteiger partial charge in [0, 0.05) is 6.04 Å². The lowest BCUT2D eigenvalue weighted by atomic mass is 10.1. The number of benzene rings is 1. The minimum Gasteiger partial charge on any atom is -0.381 e. The number of hydrogen-bond acceptors (Lipinski definition) is 4. The van der Waals surface area contributed by atoms with Gasteiger partial charge in [-0.15, -0.1) is 0 Å². The van der Waals surface area contributed by atoms with Gasteiger partial charge in [0.1, 0.15) is 0 Å². The highest BCUT2D eigenvalue weighted by atomic mass is 19.4. The number of carbonyl (C=O) groups is 1.